The monoisotopic (exact) mass is 289 g/mol. The Bertz CT molecular complexity index is 797. The lowest BCUT2D eigenvalue weighted by Crippen LogP contribution is -2.30. The molecule has 0 fully saturated rings. The lowest BCUT2D eigenvalue weighted by Gasteiger charge is -2.27. The molecule has 0 amide bonds. The van der Waals surface area contributed by atoms with Gasteiger partial charge >= 0.3 is 5.97 Å². The van der Waals surface area contributed by atoms with E-state index in [0.29, 0.717) is 30.4 Å². The Labute approximate surface area is 120 Å². The zero-order valence-corrected chi connectivity index (χ0v) is 11.8. The molecular weight excluding hydrogens is 274 g/mol. The molecule has 0 bridgehead atoms. The van der Waals surface area contributed by atoms with Gasteiger partial charge in [-0.3, -0.25) is 4.79 Å². The second-order valence-electron chi connectivity index (χ2n) is 4.91. The smallest absolute Gasteiger partial charge is 0.341 e. The molecule has 2 aromatic heterocycles. The second-order valence-corrected chi connectivity index (χ2v) is 4.91. The lowest BCUT2D eigenvalue weighted by atomic mass is 10.1. The highest BCUT2D eigenvalue weighted by molar-refractivity contribution is 5.92. The van der Waals surface area contributed by atoms with E-state index in [4.69, 9.17) is 9.84 Å². The van der Waals surface area contributed by atoms with Crippen LogP contribution in [0.4, 0.5) is 5.82 Å². The molecule has 0 spiro atoms. The van der Waals surface area contributed by atoms with Gasteiger partial charge in [0.2, 0.25) is 5.43 Å². The molecule has 3 heterocycles. The number of ether oxygens (including phenoxy) is 1. The Morgan fingerprint density at radius 2 is 2.29 bits per heavy atom. The molecule has 7 nitrogen and oxygen atoms in total. The summed E-state index contributed by atoms with van der Waals surface area (Å²) in [6, 6.07) is 1.59. The maximum Gasteiger partial charge on any atom is 0.341 e. The molecule has 2 aromatic rings. The zero-order chi connectivity index (χ0) is 15.1. The molecule has 1 aliphatic heterocycles. The van der Waals surface area contributed by atoms with Gasteiger partial charge in [0.05, 0.1) is 11.9 Å². The number of fused-ring (bicyclic) bond motifs is 2. The molecule has 0 aliphatic carbocycles. The van der Waals surface area contributed by atoms with Crippen LogP contribution < -0.4 is 15.1 Å². The summed E-state index contributed by atoms with van der Waals surface area (Å²) in [4.78, 5) is 30.0. The van der Waals surface area contributed by atoms with Crippen molar-refractivity contribution in [3.05, 3.63) is 28.0 Å². The first-order chi connectivity index (χ1) is 10.0. The van der Waals surface area contributed by atoms with Crippen LogP contribution in [0.2, 0.25) is 0 Å². The minimum Gasteiger partial charge on any atom is -0.488 e. The van der Waals surface area contributed by atoms with E-state index in [1.54, 1.807) is 10.6 Å². The fourth-order valence-electron chi connectivity index (χ4n) is 2.45. The molecule has 1 aliphatic rings. The predicted molar refractivity (Wildman–Crippen MR) is 77.4 cm³/mol. The zero-order valence-electron chi connectivity index (χ0n) is 11.8. The standard InChI is InChI=1S/C14H15N3O4/c1-3-17-7-9(14(19)20)11(18)8-6-10-13(15-12(8)17)16(2)4-5-21-10/h6-7H,3-5H2,1-2H3,(H,19,20). The molecule has 0 radical (unpaired) electrons. The van der Waals surface area contributed by atoms with Crippen LogP contribution in [0.3, 0.4) is 0 Å². The summed E-state index contributed by atoms with van der Waals surface area (Å²) < 4.78 is 7.20. The maximum atomic E-state index is 12.3. The number of anilines is 1. The van der Waals surface area contributed by atoms with Gasteiger partial charge in [0.15, 0.2) is 11.6 Å². The number of hydrogen-bond acceptors (Lipinski definition) is 5. The van der Waals surface area contributed by atoms with Crippen molar-refractivity contribution in [3.63, 3.8) is 0 Å². The first-order valence-corrected chi connectivity index (χ1v) is 6.68. The van der Waals surface area contributed by atoms with Crippen LogP contribution in [-0.2, 0) is 6.54 Å². The number of carboxylic acid groups (broad SMARTS) is 1. The van der Waals surface area contributed by atoms with Crippen LogP contribution in [0.1, 0.15) is 17.3 Å². The molecule has 0 saturated carbocycles. The number of likely N-dealkylation sites (N-methyl/N-ethyl adjacent to an activating group) is 1. The highest BCUT2D eigenvalue weighted by atomic mass is 16.5. The second kappa shape index (κ2) is 4.76. The number of aryl methyl sites for hydroxylation is 1. The fourth-order valence-corrected chi connectivity index (χ4v) is 2.45. The Morgan fingerprint density at radius 3 is 2.95 bits per heavy atom. The summed E-state index contributed by atoms with van der Waals surface area (Å²) in [7, 11) is 1.90. The van der Waals surface area contributed by atoms with Gasteiger partial charge in [-0.2, -0.15) is 0 Å². The van der Waals surface area contributed by atoms with Crippen LogP contribution in [0.15, 0.2) is 17.1 Å². The van der Waals surface area contributed by atoms with Crippen molar-refractivity contribution in [2.75, 3.05) is 25.1 Å². The van der Waals surface area contributed by atoms with E-state index in [2.05, 4.69) is 4.98 Å². The maximum absolute atomic E-state index is 12.3. The number of aromatic nitrogens is 2. The Morgan fingerprint density at radius 1 is 1.52 bits per heavy atom. The molecule has 0 unspecified atom stereocenters. The van der Waals surface area contributed by atoms with Gasteiger partial charge in [0.25, 0.3) is 0 Å². The third-order valence-electron chi connectivity index (χ3n) is 3.61. The van der Waals surface area contributed by atoms with Crippen LogP contribution in [0.5, 0.6) is 5.75 Å². The van der Waals surface area contributed by atoms with Crippen molar-refractivity contribution in [2.45, 2.75) is 13.5 Å². The molecule has 21 heavy (non-hydrogen) atoms. The highest BCUT2D eigenvalue weighted by Gasteiger charge is 2.21. The van der Waals surface area contributed by atoms with Gasteiger partial charge < -0.3 is 19.3 Å². The Kier molecular flexibility index (Phi) is 3.04. The quantitative estimate of drug-likeness (QED) is 0.885. The van der Waals surface area contributed by atoms with Gasteiger partial charge in [-0.05, 0) is 13.0 Å². The largest absolute Gasteiger partial charge is 0.488 e. The van der Waals surface area contributed by atoms with Crippen LogP contribution in [0.25, 0.3) is 11.0 Å². The predicted octanol–water partition coefficient (Wildman–Crippen LogP) is 0.943. The summed E-state index contributed by atoms with van der Waals surface area (Å²) in [6.07, 6.45) is 1.34. The van der Waals surface area contributed by atoms with E-state index in [1.807, 2.05) is 18.9 Å². The number of rotatable bonds is 2. The van der Waals surface area contributed by atoms with Crippen molar-refractivity contribution in [1.82, 2.24) is 9.55 Å². The number of hydrogen-bond donors (Lipinski definition) is 1. The molecule has 7 heteroatoms. The van der Waals surface area contributed by atoms with Crippen molar-refractivity contribution >= 4 is 22.8 Å². The molecule has 0 saturated heterocycles. The van der Waals surface area contributed by atoms with Crippen LogP contribution >= 0.6 is 0 Å². The number of pyridine rings is 2. The van der Waals surface area contributed by atoms with E-state index >= 15 is 0 Å². The fraction of sp³-hybridized carbons (Fsp3) is 0.357. The molecule has 110 valence electrons. The third kappa shape index (κ3) is 2.01. The van der Waals surface area contributed by atoms with Gasteiger partial charge in [-0.1, -0.05) is 0 Å². The molecule has 0 atom stereocenters. The van der Waals surface area contributed by atoms with Crippen molar-refractivity contribution in [2.24, 2.45) is 0 Å². The van der Waals surface area contributed by atoms with Gasteiger partial charge in [-0.15, -0.1) is 0 Å². The number of carboxylic acids is 1. The SMILES string of the molecule is CCn1cc(C(=O)O)c(=O)c2cc3c(nc21)N(C)CCO3. The van der Waals surface area contributed by atoms with Gasteiger partial charge in [-0.25, -0.2) is 9.78 Å². The average Bonchev–Trinajstić information content (AvgIpc) is 2.47. The van der Waals surface area contributed by atoms with Crippen molar-refractivity contribution in [3.8, 4) is 5.75 Å². The number of aromatic carboxylic acids is 1. The molecular formula is C14H15N3O4. The molecule has 3 rings (SSSR count). The van der Waals surface area contributed by atoms with Crippen LogP contribution in [-0.4, -0.2) is 40.8 Å². The number of carbonyl (C=O) groups is 1. The summed E-state index contributed by atoms with van der Waals surface area (Å²) in [6.45, 7) is 3.62. The van der Waals surface area contributed by atoms with Gasteiger partial charge in [0.1, 0.15) is 17.8 Å². The summed E-state index contributed by atoms with van der Waals surface area (Å²) in [5.74, 6) is -0.0585. The first kappa shape index (κ1) is 13.4. The minimum absolute atomic E-state index is 0.254. The average molecular weight is 289 g/mol. The topological polar surface area (TPSA) is 84.7 Å². The van der Waals surface area contributed by atoms with E-state index in [9.17, 15) is 9.59 Å². The van der Waals surface area contributed by atoms with E-state index in [-0.39, 0.29) is 10.9 Å². The normalized spacial score (nSPS) is 13.9. The molecule has 0 aromatic carbocycles. The number of nitrogens with zero attached hydrogens (tertiary/aromatic N) is 3. The summed E-state index contributed by atoms with van der Waals surface area (Å²) >= 11 is 0. The Hall–Kier alpha value is -2.57. The summed E-state index contributed by atoms with van der Waals surface area (Å²) in [5, 5.41) is 9.42. The van der Waals surface area contributed by atoms with Crippen LogP contribution in [0, 0.1) is 0 Å². The highest BCUT2D eigenvalue weighted by Crippen LogP contribution is 2.31. The summed E-state index contributed by atoms with van der Waals surface area (Å²) in [5.41, 5.74) is -0.312. The Balaban J connectivity index is 2.39. The van der Waals surface area contributed by atoms with E-state index in [1.165, 1.54) is 6.20 Å². The van der Waals surface area contributed by atoms with Gasteiger partial charge in [0, 0.05) is 19.8 Å². The minimum atomic E-state index is -1.24. The van der Waals surface area contributed by atoms with E-state index in [0.717, 1.165) is 6.54 Å². The third-order valence-corrected chi connectivity index (χ3v) is 3.61. The van der Waals surface area contributed by atoms with Crippen molar-refractivity contribution in [1.29, 1.82) is 0 Å². The molecule has 1 N–H and O–H groups in total. The lowest BCUT2D eigenvalue weighted by molar-refractivity contribution is 0.0695. The first-order valence-electron chi connectivity index (χ1n) is 6.68. The van der Waals surface area contributed by atoms with E-state index < -0.39 is 11.4 Å². The van der Waals surface area contributed by atoms with Crippen molar-refractivity contribution < 1.29 is 14.6 Å².